The quantitative estimate of drug-likeness (QED) is 0.736. The average Bonchev–Trinajstić information content (AvgIpc) is 3.45. The van der Waals surface area contributed by atoms with Crippen molar-refractivity contribution in [1.29, 1.82) is 0 Å². The van der Waals surface area contributed by atoms with E-state index in [4.69, 9.17) is 0 Å². The molecular weight excluding hydrogens is 355 g/mol. The van der Waals surface area contributed by atoms with Crippen LogP contribution in [0.15, 0.2) is 48.5 Å². The Labute approximate surface area is 165 Å². The number of anilines is 1. The molecule has 4 nitrogen and oxygen atoms in total. The Morgan fingerprint density at radius 2 is 1.64 bits per heavy atom. The Hall–Kier alpha value is -2.69. The third kappa shape index (κ3) is 4.41. The normalized spacial score (nSPS) is 15.0. The van der Waals surface area contributed by atoms with Gasteiger partial charge in [0, 0.05) is 12.2 Å². The van der Waals surface area contributed by atoms with Crippen LogP contribution >= 0.6 is 0 Å². The molecule has 0 heterocycles. The summed E-state index contributed by atoms with van der Waals surface area (Å²) in [5.74, 6) is -0.763. The molecule has 0 aromatic heterocycles. The third-order valence-corrected chi connectivity index (χ3v) is 5.22. The lowest BCUT2D eigenvalue weighted by atomic mass is 9.85. The minimum absolute atomic E-state index is 0.113. The maximum absolute atomic E-state index is 13.0. The van der Waals surface area contributed by atoms with Crippen LogP contribution in [0, 0.1) is 11.2 Å². The Kier molecular flexibility index (Phi) is 5.54. The Balaban J connectivity index is 1.61. The van der Waals surface area contributed by atoms with Gasteiger partial charge in [-0.2, -0.15) is 0 Å². The zero-order valence-electron chi connectivity index (χ0n) is 16.6. The van der Waals surface area contributed by atoms with Crippen LogP contribution in [0.1, 0.15) is 44.7 Å². The summed E-state index contributed by atoms with van der Waals surface area (Å²) in [5, 5.41) is 5.84. The monoisotopic (exact) mass is 382 g/mol. The van der Waals surface area contributed by atoms with Crippen LogP contribution in [-0.2, 0) is 21.4 Å². The van der Waals surface area contributed by atoms with Crippen molar-refractivity contribution in [1.82, 2.24) is 5.32 Å². The van der Waals surface area contributed by atoms with E-state index < -0.39 is 5.41 Å². The second kappa shape index (κ2) is 7.74. The van der Waals surface area contributed by atoms with E-state index in [0.717, 1.165) is 16.8 Å². The molecule has 2 aromatic carbocycles. The summed E-state index contributed by atoms with van der Waals surface area (Å²) in [7, 11) is 0. The van der Waals surface area contributed by atoms with Crippen LogP contribution in [0.3, 0.4) is 0 Å². The highest BCUT2D eigenvalue weighted by atomic mass is 19.1. The SMILES string of the molecule is CC(C)(C)c1ccccc1NC(=O)C1(C(=O)NCCc2ccc(F)cc2)CC1. The van der Waals surface area contributed by atoms with Gasteiger partial charge in [0.1, 0.15) is 11.2 Å². The van der Waals surface area contributed by atoms with Gasteiger partial charge in [0.15, 0.2) is 0 Å². The van der Waals surface area contributed by atoms with E-state index in [0.29, 0.717) is 25.8 Å². The molecule has 0 radical (unpaired) electrons. The zero-order chi connectivity index (χ0) is 20.4. The number of rotatable bonds is 6. The lowest BCUT2D eigenvalue weighted by molar-refractivity contribution is -0.134. The number of halogens is 1. The van der Waals surface area contributed by atoms with Gasteiger partial charge in [0.05, 0.1) is 0 Å². The topological polar surface area (TPSA) is 58.2 Å². The van der Waals surface area contributed by atoms with E-state index in [9.17, 15) is 14.0 Å². The molecule has 1 saturated carbocycles. The van der Waals surface area contributed by atoms with Gasteiger partial charge in [-0.3, -0.25) is 9.59 Å². The number of carbonyl (C=O) groups is 2. The molecule has 148 valence electrons. The average molecular weight is 382 g/mol. The molecule has 5 heteroatoms. The Morgan fingerprint density at radius 3 is 2.25 bits per heavy atom. The molecule has 28 heavy (non-hydrogen) atoms. The van der Waals surface area contributed by atoms with Crippen LogP contribution in [0.5, 0.6) is 0 Å². The van der Waals surface area contributed by atoms with Crippen LogP contribution in [0.4, 0.5) is 10.1 Å². The largest absolute Gasteiger partial charge is 0.355 e. The first-order valence-electron chi connectivity index (χ1n) is 9.66. The summed E-state index contributed by atoms with van der Waals surface area (Å²) < 4.78 is 13.0. The molecule has 0 spiro atoms. The molecule has 1 fully saturated rings. The van der Waals surface area contributed by atoms with Gasteiger partial charge in [-0.1, -0.05) is 51.1 Å². The summed E-state index contributed by atoms with van der Waals surface area (Å²) in [6.07, 6.45) is 1.70. The van der Waals surface area contributed by atoms with Crippen molar-refractivity contribution in [3.63, 3.8) is 0 Å². The molecular formula is C23H27FN2O2. The van der Waals surface area contributed by atoms with Crippen LogP contribution in [0.2, 0.25) is 0 Å². The van der Waals surface area contributed by atoms with Crippen molar-refractivity contribution in [2.24, 2.45) is 5.41 Å². The van der Waals surface area contributed by atoms with Gasteiger partial charge < -0.3 is 10.6 Å². The minimum atomic E-state index is -0.978. The predicted molar refractivity (Wildman–Crippen MR) is 109 cm³/mol. The molecule has 0 aliphatic heterocycles. The van der Waals surface area contributed by atoms with Gasteiger partial charge in [0.2, 0.25) is 11.8 Å². The first-order chi connectivity index (χ1) is 13.2. The highest BCUT2D eigenvalue weighted by molar-refractivity contribution is 6.13. The van der Waals surface area contributed by atoms with Crippen LogP contribution in [-0.4, -0.2) is 18.4 Å². The van der Waals surface area contributed by atoms with Crippen molar-refractivity contribution < 1.29 is 14.0 Å². The predicted octanol–water partition coefficient (Wildman–Crippen LogP) is 4.20. The summed E-state index contributed by atoms with van der Waals surface area (Å²) in [6.45, 7) is 6.69. The fourth-order valence-corrected chi connectivity index (χ4v) is 3.31. The molecule has 0 unspecified atom stereocenters. The van der Waals surface area contributed by atoms with E-state index >= 15 is 0 Å². The van der Waals surface area contributed by atoms with Gasteiger partial charge in [-0.15, -0.1) is 0 Å². The number of hydrogen-bond acceptors (Lipinski definition) is 2. The minimum Gasteiger partial charge on any atom is -0.355 e. The van der Waals surface area contributed by atoms with E-state index in [1.54, 1.807) is 12.1 Å². The second-order valence-electron chi connectivity index (χ2n) is 8.46. The van der Waals surface area contributed by atoms with Crippen molar-refractivity contribution in [2.75, 3.05) is 11.9 Å². The van der Waals surface area contributed by atoms with E-state index in [1.807, 2.05) is 24.3 Å². The number of para-hydroxylation sites is 1. The molecule has 2 aromatic rings. The smallest absolute Gasteiger partial charge is 0.240 e. The molecule has 0 atom stereocenters. The maximum Gasteiger partial charge on any atom is 0.240 e. The summed E-state index contributed by atoms with van der Waals surface area (Å²) in [5.41, 5.74) is 1.64. The fraction of sp³-hybridized carbons (Fsp3) is 0.391. The molecule has 0 saturated heterocycles. The van der Waals surface area contributed by atoms with Crippen molar-refractivity contribution in [3.05, 3.63) is 65.5 Å². The standard InChI is InChI=1S/C23H27FN2O2/c1-22(2,3)18-6-4-5-7-19(18)26-21(28)23(13-14-23)20(27)25-15-12-16-8-10-17(24)11-9-16/h4-11H,12-15H2,1-3H3,(H,25,27)(H,26,28). The molecule has 3 rings (SSSR count). The molecule has 2 amide bonds. The lowest BCUT2D eigenvalue weighted by Crippen LogP contribution is -2.41. The van der Waals surface area contributed by atoms with Gasteiger partial charge in [0.25, 0.3) is 0 Å². The van der Waals surface area contributed by atoms with Gasteiger partial charge in [-0.05, 0) is 54.0 Å². The highest BCUT2D eigenvalue weighted by Gasteiger charge is 2.56. The molecule has 0 bridgehead atoms. The Morgan fingerprint density at radius 1 is 1.00 bits per heavy atom. The number of carbonyl (C=O) groups excluding carboxylic acids is 2. The van der Waals surface area contributed by atoms with E-state index in [-0.39, 0.29) is 23.0 Å². The molecule has 1 aliphatic rings. The summed E-state index contributed by atoms with van der Waals surface area (Å²) in [4.78, 5) is 25.5. The van der Waals surface area contributed by atoms with Crippen LogP contribution < -0.4 is 10.6 Å². The second-order valence-corrected chi connectivity index (χ2v) is 8.46. The summed E-state index contributed by atoms with van der Waals surface area (Å²) >= 11 is 0. The Bertz CT molecular complexity index is 865. The first kappa shape index (κ1) is 20.1. The van der Waals surface area contributed by atoms with Gasteiger partial charge >= 0.3 is 0 Å². The van der Waals surface area contributed by atoms with Crippen molar-refractivity contribution in [2.45, 2.75) is 45.4 Å². The first-order valence-corrected chi connectivity index (χ1v) is 9.66. The highest BCUT2D eigenvalue weighted by Crippen LogP contribution is 2.47. The number of nitrogens with one attached hydrogen (secondary N) is 2. The van der Waals surface area contributed by atoms with Gasteiger partial charge in [-0.25, -0.2) is 4.39 Å². The molecule has 1 aliphatic carbocycles. The lowest BCUT2D eigenvalue weighted by Gasteiger charge is -2.24. The van der Waals surface area contributed by atoms with Crippen LogP contribution in [0.25, 0.3) is 0 Å². The third-order valence-electron chi connectivity index (χ3n) is 5.22. The maximum atomic E-state index is 13.0. The number of amides is 2. The van der Waals surface area contributed by atoms with E-state index in [1.165, 1.54) is 12.1 Å². The zero-order valence-corrected chi connectivity index (χ0v) is 16.6. The van der Waals surface area contributed by atoms with E-state index in [2.05, 4.69) is 31.4 Å². The summed E-state index contributed by atoms with van der Waals surface area (Å²) in [6, 6.07) is 13.9. The number of benzene rings is 2. The number of hydrogen-bond donors (Lipinski definition) is 2. The van der Waals surface area contributed by atoms with Crippen molar-refractivity contribution in [3.8, 4) is 0 Å². The molecule has 2 N–H and O–H groups in total. The fourth-order valence-electron chi connectivity index (χ4n) is 3.31. The van der Waals surface area contributed by atoms with Crippen molar-refractivity contribution >= 4 is 17.5 Å².